The summed E-state index contributed by atoms with van der Waals surface area (Å²) in [5.41, 5.74) is 0. The van der Waals surface area contributed by atoms with Gasteiger partial charge < -0.3 is 0 Å². The molecule has 6 nitrogen and oxygen atoms in total. The highest BCUT2D eigenvalue weighted by Crippen LogP contribution is 2.15. The SMILES string of the molecule is CN(C)S(=O)(=O)c1ccc(S(=O)(=O)CCCl)nc1. The Morgan fingerprint density at radius 1 is 1.22 bits per heavy atom. The second-order valence-electron chi connectivity index (χ2n) is 3.63. The van der Waals surface area contributed by atoms with E-state index in [9.17, 15) is 16.8 Å². The Bertz CT molecular complexity index is 608. The third-order valence-electron chi connectivity index (χ3n) is 2.15. The summed E-state index contributed by atoms with van der Waals surface area (Å²) in [6.45, 7) is 0. The van der Waals surface area contributed by atoms with Gasteiger partial charge in [0.05, 0.1) is 5.75 Å². The molecular weight excluding hydrogens is 300 g/mol. The van der Waals surface area contributed by atoms with Crippen LogP contribution in [0.15, 0.2) is 28.3 Å². The molecule has 1 aromatic rings. The maximum atomic E-state index is 11.7. The van der Waals surface area contributed by atoms with Crippen molar-refractivity contribution in [3.05, 3.63) is 18.3 Å². The highest BCUT2D eigenvalue weighted by molar-refractivity contribution is 7.91. The van der Waals surface area contributed by atoms with Gasteiger partial charge in [0.15, 0.2) is 14.9 Å². The topological polar surface area (TPSA) is 84.4 Å². The molecule has 0 aliphatic carbocycles. The van der Waals surface area contributed by atoms with Gasteiger partial charge in [0.1, 0.15) is 4.90 Å². The van der Waals surface area contributed by atoms with Gasteiger partial charge in [-0.3, -0.25) is 0 Å². The minimum absolute atomic E-state index is 0.0399. The molecule has 0 spiro atoms. The number of aromatic nitrogens is 1. The van der Waals surface area contributed by atoms with Gasteiger partial charge in [0.2, 0.25) is 10.0 Å². The first kappa shape index (κ1) is 15.4. The van der Waals surface area contributed by atoms with Crippen molar-refractivity contribution in [1.82, 2.24) is 9.29 Å². The van der Waals surface area contributed by atoms with E-state index >= 15 is 0 Å². The Morgan fingerprint density at radius 3 is 2.22 bits per heavy atom. The minimum Gasteiger partial charge on any atom is -0.243 e. The summed E-state index contributed by atoms with van der Waals surface area (Å²) < 4.78 is 47.7. The lowest BCUT2D eigenvalue weighted by Crippen LogP contribution is -2.22. The van der Waals surface area contributed by atoms with Crippen molar-refractivity contribution in [3.8, 4) is 0 Å². The first-order chi connectivity index (χ1) is 8.21. The third-order valence-corrected chi connectivity index (χ3v) is 5.98. The van der Waals surface area contributed by atoms with E-state index in [0.29, 0.717) is 0 Å². The molecule has 0 saturated carbocycles. The summed E-state index contributed by atoms with van der Waals surface area (Å²) in [5.74, 6) is -0.275. The Balaban J connectivity index is 3.16. The molecule has 0 bridgehead atoms. The van der Waals surface area contributed by atoms with Gasteiger partial charge in [-0.25, -0.2) is 26.1 Å². The second kappa shape index (κ2) is 5.52. The molecule has 9 heteroatoms. The molecule has 0 saturated heterocycles. The molecule has 1 aromatic heterocycles. The largest absolute Gasteiger partial charge is 0.244 e. The smallest absolute Gasteiger partial charge is 0.243 e. The fourth-order valence-corrected chi connectivity index (χ4v) is 3.48. The number of hydrogen-bond donors (Lipinski definition) is 0. The molecule has 0 fully saturated rings. The lowest BCUT2D eigenvalue weighted by molar-refractivity contribution is 0.520. The molecule has 0 aliphatic heterocycles. The van der Waals surface area contributed by atoms with Crippen molar-refractivity contribution in [2.75, 3.05) is 25.7 Å². The number of pyridine rings is 1. The number of nitrogens with zero attached hydrogens (tertiary/aromatic N) is 2. The molecule has 0 amide bonds. The van der Waals surface area contributed by atoms with E-state index in [2.05, 4.69) is 4.98 Å². The Kier molecular flexibility index (Phi) is 4.71. The molecule has 18 heavy (non-hydrogen) atoms. The highest BCUT2D eigenvalue weighted by Gasteiger charge is 2.20. The van der Waals surface area contributed by atoms with Gasteiger partial charge in [-0.2, -0.15) is 0 Å². The van der Waals surface area contributed by atoms with Crippen LogP contribution in [0.4, 0.5) is 0 Å². The Morgan fingerprint density at radius 2 is 1.83 bits per heavy atom. The predicted molar refractivity (Wildman–Crippen MR) is 67.9 cm³/mol. The van der Waals surface area contributed by atoms with Crippen LogP contribution in [0.2, 0.25) is 0 Å². The van der Waals surface area contributed by atoms with Crippen LogP contribution in [0.5, 0.6) is 0 Å². The van der Waals surface area contributed by atoms with E-state index in [4.69, 9.17) is 11.6 Å². The van der Waals surface area contributed by atoms with Crippen molar-refractivity contribution in [2.24, 2.45) is 0 Å². The van der Waals surface area contributed by atoms with Crippen molar-refractivity contribution in [3.63, 3.8) is 0 Å². The average Bonchev–Trinajstić information content (AvgIpc) is 2.29. The quantitative estimate of drug-likeness (QED) is 0.732. The van der Waals surface area contributed by atoms with Crippen LogP contribution in [0.3, 0.4) is 0 Å². The van der Waals surface area contributed by atoms with Gasteiger partial charge in [-0.15, -0.1) is 11.6 Å². The van der Waals surface area contributed by atoms with E-state index < -0.39 is 19.9 Å². The average molecular weight is 313 g/mol. The van der Waals surface area contributed by atoms with E-state index in [1.54, 1.807) is 0 Å². The Hall–Kier alpha value is -0.700. The standard InChI is InChI=1S/C9H13ClN2O4S2/c1-12(2)18(15,16)8-3-4-9(11-7-8)17(13,14)6-5-10/h3-4,7H,5-6H2,1-2H3. The van der Waals surface area contributed by atoms with Crippen molar-refractivity contribution >= 4 is 31.5 Å². The number of hydrogen-bond acceptors (Lipinski definition) is 5. The monoisotopic (exact) mass is 312 g/mol. The van der Waals surface area contributed by atoms with Crippen molar-refractivity contribution < 1.29 is 16.8 Å². The molecule has 1 rings (SSSR count). The minimum atomic E-state index is -3.60. The van der Waals surface area contributed by atoms with Crippen LogP contribution in [0.1, 0.15) is 0 Å². The number of halogens is 1. The molecule has 0 atom stereocenters. The first-order valence-corrected chi connectivity index (χ1v) is 8.52. The van der Waals surface area contributed by atoms with Gasteiger partial charge in [0.25, 0.3) is 0 Å². The molecule has 102 valence electrons. The summed E-state index contributed by atoms with van der Waals surface area (Å²) in [4.78, 5) is 3.61. The fraction of sp³-hybridized carbons (Fsp3) is 0.444. The van der Waals surface area contributed by atoms with Crippen LogP contribution in [-0.2, 0) is 19.9 Å². The zero-order valence-electron chi connectivity index (χ0n) is 9.87. The van der Waals surface area contributed by atoms with Gasteiger partial charge in [-0.05, 0) is 12.1 Å². The fourth-order valence-electron chi connectivity index (χ4n) is 1.12. The second-order valence-corrected chi connectivity index (χ2v) is 8.21. The van der Waals surface area contributed by atoms with Gasteiger partial charge in [-0.1, -0.05) is 0 Å². The summed E-state index contributed by atoms with van der Waals surface area (Å²) in [5, 5.41) is -0.180. The Labute approximate surface area is 112 Å². The summed E-state index contributed by atoms with van der Waals surface area (Å²) in [7, 11) is -4.38. The summed E-state index contributed by atoms with van der Waals surface area (Å²) >= 11 is 5.37. The first-order valence-electron chi connectivity index (χ1n) is 4.89. The van der Waals surface area contributed by atoms with Crippen molar-refractivity contribution in [1.29, 1.82) is 0 Å². The predicted octanol–water partition coefficient (Wildman–Crippen LogP) is 0.344. The van der Waals surface area contributed by atoms with Crippen LogP contribution < -0.4 is 0 Å². The molecule has 0 radical (unpaired) electrons. The highest BCUT2D eigenvalue weighted by atomic mass is 35.5. The summed E-state index contributed by atoms with van der Waals surface area (Å²) in [6.07, 6.45) is 1.02. The third kappa shape index (κ3) is 3.19. The number of rotatable bonds is 5. The molecule has 0 aromatic carbocycles. The maximum absolute atomic E-state index is 11.7. The van der Waals surface area contributed by atoms with Crippen LogP contribution in [0.25, 0.3) is 0 Å². The van der Waals surface area contributed by atoms with Gasteiger partial charge >= 0.3 is 0 Å². The number of sulfone groups is 1. The molecular formula is C9H13ClN2O4S2. The zero-order valence-corrected chi connectivity index (χ0v) is 12.3. The van der Waals surface area contributed by atoms with Crippen LogP contribution in [-0.4, -0.2) is 51.9 Å². The van der Waals surface area contributed by atoms with E-state index in [0.717, 1.165) is 16.6 Å². The van der Waals surface area contributed by atoms with E-state index in [-0.39, 0.29) is 21.6 Å². The molecule has 0 unspecified atom stereocenters. The lowest BCUT2D eigenvalue weighted by atomic mass is 10.5. The zero-order chi connectivity index (χ0) is 14.0. The normalized spacial score (nSPS) is 12.9. The molecule has 0 N–H and O–H groups in total. The van der Waals surface area contributed by atoms with E-state index in [1.807, 2.05) is 0 Å². The number of alkyl halides is 1. The van der Waals surface area contributed by atoms with Crippen molar-refractivity contribution in [2.45, 2.75) is 9.92 Å². The molecule has 0 aliphatic rings. The van der Waals surface area contributed by atoms with Crippen LogP contribution in [0, 0.1) is 0 Å². The lowest BCUT2D eigenvalue weighted by Gasteiger charge is -2.11. The number of sulfonamides is 1. The van der Waals surface area contributed by atoms with E-state index in [1.165, 1.54) is 20.2 Å². The maximum Gasteiger partial charge on any atom is 0.244 e. The van der Waals surface area contributed by atoms with Crippen LogP contribution >= 0.6 is 11.6 Å². The van der Waals surface area contributed by atoms with Gasteiger partial charge in [0, 0.05) is 26.2 Å². The summed E-state index contributed by atoms with van der Waals surface area (Å²) in [6, 6.07) is 2.38. The molecule has 1 heterocycles.